The van der Waals surface area contributed by atoms with Gasteiger partial charge < -0.3 is 24.1 Å². The lowest BCUT2D eigenvalue weighted by Crippen LogP contribution is -2.40. The van der Waals surface area contributed by atoms with Gasteiger partial charge in [-0.3, -0.25) is 0 Å². The summed E-state index contributed by atoms with van der Waals surface area (Å²) in [6, 6.07) is 0. The van der Waals surface area contributed by atoms with E-state index in [1.165, 1.54) is 0 Å². The molecule has 2 aliphatic rings. The van der Waals surface area contributed by atoms with E-state index in [4.69, 9.17) is 18.9 Å². The number of ether oxygens (including phenoxy) is 4. The molecule has 0 saturated carbocycles. The molecule has 2 aliphatic heterocycles. The smallest absolute Gasteiger partial charge is 0.187 e. The van der Waals surface area contributed by atoms with Crippen molar-refractivity contribution in [2.24, 2.45) is 0 Å². The summed E-state index contributed by atoms with van der Waals surface area (Å²) < 4.78 is 22.4. The van der Waals surface area contributed by atoms with Crippen LogP contribution in [0.1, 0.15) is 40.5 Å². The molecule has 5 heteroatoms. The first kappa shape index (κ1) is 13.2. The zero-order valence-electron chi connectivity index (χ0n) is 10.9. The van der Waals surface area contributed by atoms with Crippen LogP contribution in [0.3, 0.4) is 0 Å². The summed E-state index contributed by atoms with van der Waals surface area (Å²) >= 11 is 0. The summed E-state index contributed by atoms with van der Waals surface area (Å²) in [5, 5.41) is 9.49. The Morgan fingerprint density at radius 3 is 2.65 bits per heavy atom. The molecule has 2 heterocycles. The van der Waals surface area contributed by atoms with Crippen LogP contribution in [-0.2, 0) is 18.9 Å². The Bertz CT molecular complexity index is 271. The van der Waals surface area contributed by atoms with Crippen LogP contribution in [0.5, 0.6) is 0 Å². The van der Waals surface area contributed by atoms with Gasteiger partial charge in [0.05, 0.1) is 12.7 Å². The van der Waals surface area contributed by atoms with Gasteiger partial charge in [-0.25, -0.2) is 0 Å². The summed E-state index contributed by atoms with van der Waals surface area (Å²) in [6.07, 6.45) is 1.42. The van der Waals surface area contributed by atoms with Crippen LogP contribution in [0.15, 0.2) is 0 Å². The molecule has 0 aromatic carbocycles. The molecule has 0 aromatic rings. The number of fused-ring (bicyclic) bond motifs is 1. The van der Waals surface area contributed by atoms with Gasteiger partial charge in [0, 0.05) is 0 Å². The van der Waals surface area contributed by atoms with Crippen LogP contribution in [0.2, 0.25) is 0 Å². The fourth-order valence-corrected chi connectivity index (χ4v) is 2.14. The second kappa shape index (κ2) is 4.48. The molecular formula is C12H22O5. The van der Waals surface area contributed by atoms with Crippen molar-refractivity contribution < 1.29 is 24.1 Å². The monoisotopic (exact) mass is 246 g/mol. The van der Waals surface area contributed by atoms with Crippen molar-refractivity contribution in [2.75, 3.05) is 6.61 Å². The maximum absolute atomic E-state index is 9.49. The zero-order valence-corrected chi connectivity index (χ0v) is 10.9. The predicted octanol–water partition coefficient (Wildman–Crippen LogP) is 1.39. The Kier molecular flexibility index (Phi) is 3.49. The molecule has 0 aliphatic carbocycles. The molecule has 2 rings (SSSR count). The van der Waals surface area contributed by atoms with Crippen LogP contribution >= 0.6 is 0 Å². The molecule has 17 heavy (non-hydrogen) atoms. The quantitative estimate of drug-likeness (QED) is 0.763. The van der Waals surface area contributed by atoms with Crippen LogP contribution in [-0.4, -0.2) is 41.8 Å². The van der Waals surface area contributed by atoms with E-state index in [9.17, 15) is 5.11 Å². The maximum atomic E-state index is 9.49. The summed E-state index contributed by atoms with van der Waals surface area (Å²) in [4.78, 5) is 0. The lowest BCUT2D eigenvalue weighted by atomic mass is 10.1. The Hall–Kier alpha value is -0.200. The number of hydrogen-bond acceptors (Lipinski definition) is 5. The third-order valence-corrected chi connectivity index (χ3v) is 2.86. The summed E-state index contributed by atoms with van der Waals surface area (Å²) in [6.45, 7) is 7.36. The average molecular weight is 246 g/mol. The second-order valence-electron chi connectivity index (χ2n) is 5.64. The predicted molar refractivity (Wildman–Crippen MR) is 60.2 cm³/mol. The summed E-state index contributed by atoms with van der Waals surface area (Å²) in [5.41, 5.74) is 0. The Morgan fingerprint density at radius 1 is 1.29 bits per heavy atom. The number of rotatable bonds is 3. The van der Waals surface area contributed by atoms with Gasteiger partial charge in [-0.2, -0.15) is 0 Å². The highest BCUT2D eigenvalue weighted by atomic mass is 16.8. The first-order valence-electron chi connectivity index (χ1n) is 6.13. The minimum Gasteiger partial charge on any atom is -0.366 e. The maximum Gasteiger partial charge on any atom is 0.187 e. The van der Waals surface area contributed by atoms with E-state index in [0.29, 0.717) is 6.61 Å². The van der Waals surface area contributed by atoms with Crippen LogP contribution in [0.25, 0.3) is 0 Å². The minimum absolute atomic E-state index is 0.0170. The summed E-state index contributed by atoms with van der Waals surface area (Å²) in [7, 11) is 0. The molecule has 0 unspecified atom stereocenters. The molecule has 100 valence electrons. The van der Waals surface area contributed by atoms with E-state index in [-0.39, 0.29) is 18.5 Å². The lowest BCUT2D eigenvalue weighted by molar-refractivity contribution is -0.242. The molecule has 0 spiro atoms. The van der Waals surface area contributed by atoms with Gasteiger partial charge in [0.2, 0.25) is 0 Å². The molecular weight excluding hydrogens is 224 g/mol. The summed E-state index contributed by atoms with van der Waals surface area (Å²) in [5.74, 6) is -1.69. The molecule has 0 amide bonds. The topological polar surface area (TPSA) is 57.2 Å². The van der Waals surface area contributed by atoms with Crippen molar-refractivity contribution in [1.82, 2.24) is 0 Å². The molecule has 3 atom stereocenters. The Morgan fingerprint density at radius 2 is 2.00 bits per heavy atom. The molecule has 1 N–H and O–H groups in total. The van der Waals surface area contributed by atoms with Crippen molar-refractivity contribution in [1.29, 1.82) is 0 Å². The van der Waals surface area contributed by atoms with Crippen molar-refractivity contribution in [3.8, 4) is 0 Å². The molecule has 2 fully saturated rings. The second-order valence-corrected chi connectivity index (χ2v) is 5.64. The van der Waals surface area contributed by atoms with Crippen LogP contribution in [0, 0.1) is 0 Å². The third kappa shape index (κ3) is 3.63. The van der Waals surface area contributed by atoms with E-state index < -0.39 is 11.6 Å². The van der Waals surface area contributed by atoms with Gasteiger partial charge >= 0.3 is 0 Å². The van der Waals surface area contributed by atoms with E-state index >= 15 is 0 Å². The fourth-order valence-electron chi connectivity index (χ4n) is 2.14. The molecule has 2 saturated heterocycles. The van der Waals surface area contributed by atoms with Crippen molar-refractivity contribution in [3.05, 3.63) is 0 Å². The first-order chi connectivity index (χ1) is 7.75. The highest BCUT2D eigenvalue weighted by Gasteiger charge is 2.45. The molecule has 0 bridgehead atoms. The minimum atomic E-state index is -1.12. The van der Waals surface area contributed by atoms with Gasteiger partial charge in [0.25, 0.3) is 0 Å². The first-order valence-corrected chi connectivity index (χ1v) is 6.13. The fraction of sp³-hybridized carbons (Fsp3) is 1.00. The average Bonchev–Trinajstić information content (AvgIpc) is 2.46. The van der Waals surface area contributed by atoms with E-state index in [1.54, 1.807) is 13.8 Å². The SMILES string of the molecule is CC(C)(O)OC[C@H]1CC[C@@H]2OC(C)(C)O[C@@H]2O1. The molecule has 5 nitrogen and oxygen atoms in total. The lowest BCUT2D eigenvalue weighted by Gasteiger charge is -2.31. The molecule has 0 aromatic heterocycles. The van der Waals surface area contributed by atoms with Gasteiger partial charge in [-0.05, 0) is 40.5 Å². The van der Waals surface area contributed by atoms with E-state index in [2.05, 4.69) is 0 Å². The Labute approximate surface area is 102 Å². The Balaban J connectivity index is 1.82. The van der Waals surface area contributed by atoms with E-state index in [1.807, 2.05) is 13.8 Å². The van der Waals surface area contributed by atoms with Crippen molar-refractivity contribution in [3.63, 3.8) is 0 Å². The zero-order chi connectivity index (χ0) is 12.7. The number of hydrogen-bond donors (Lipinski definition) is 1. The molecule has 0 radical (unpaired) electrons. The third-order valence-electron chi connectivity index (χ3n) is 2.86. The van der Waals surface area contributed by atoms with Gasteiger partial charge in [-0.15, -0.1) is 0 Å². The van der Waals surface area contributed by atoms with Gasteiger partial charge in [0.15, 0.2) is 17.9 Å². The highest BCUT2D eigenvalue weighted by Crippen LogP contribution is 2.35. The van der Waals surface area contributed by atoms with Crippen molar-refractivity contribution >= 4 is 0 Å². The van der Waals surface area contributed by atoms with Gasteiger partial charge in [-0.1, -0.05) is 0 Å². The van der Waals surface area contributed by atoms with Gasteiger partial charge in [0.1, 0.15) is 6.10 Å². The standard InChI is InChI=1S/C12H22O5/c1-11(2,13)14-7-8-5-6-9-10(15-8)17-12(3,4)16-9/h8-10,13H,5-7H2,1-4H3/t8-,9+,10+/m1/s1. The normalized spacial score (nSPS) is 36.9. The van der Waals surface area contributed by atoms with Crippen LogP contribution in [0.4, 0.5) is 0 Å². The van der Waals surface area contributed by atoms with Crippen LogP contribution < -0.4 is 0 Å². The highest BCUT2D eigenvalue weighted by molar-refractivity contribution is 4.82. The largest absolute Gasteiger partial charge is 0.366 e. The van der Waals surface area contributed by atoms with Crippen molar-refractivity contribution in [2.45, 2.75) is 70.6 Å². The van der Waals surface area contributed by atoms with E-state index in [0.717, 1.165) is 12.8 Å². The number of aliphatic hydroxyl groups is 1.